The third-order valence-electron chi connectivity index (χ3n) is 4.81. The summed E-state index contributed by atoms with van der Waals surface area (Å²) in [4.78, 5) is 14.8. The van der Waals surface area contributed by atoms with E-state index in [0.717, 1.165) is 24.1 Å². The number of hydrogen-bond donors (Lipinski definition) is 0. The van der Waals surface area contributed by atoms with Gasteiger partial charge in [-0.15, -0.1) is 5.10 Å². The number of amides is 1. The lowest BCUT2D eigenvalue weighted by Gasteiger charge is -2.39. The zero-order chi connectivity index (χ0) is 18.7. The van der Waals surface area contributed by atoms with Crippen molar-refractivity contribution < 1.29 is 9.53 Å². The van der Waals surface area contributed by atoms with Crippen LogP contribution in [0.15, 0.2) is 23.4 Å². The number of thioether (sulfide) groups is 1. The van der Waals surface area contributed by atoms with Crippen LogP contribution < -0.4 is 4.74 Å². The van der Waals surface area contributed by atoms with E-state index in [0.29, 0.717) is 28.7 Å². The lowest BCUT2D eigenvalue weighted by Crippen LogP contribution is -2.48. The summed E-state index contributed by atoms with van der Waals surface area (Å²) in [6.07, 6.45) is 3.32. The molecule has 3 rings (SSSR count). The molecule has 0 saturated carbocycles. The summed E-state index contributed by atoms with van der Waals surface area (Å²) < 4.78 is 7.06. The van der Waals surface area contributed by atoms with Gasteiger partial charge in [-0.05, 0) is 68.2 Å². The SMILES string of the molecule is COc1ccc(C)cc1-n1nnnc1SCC(=O)N1C(C)CCCC1C. The standard InChI is InChI=1S/C18H25N5O2S/c1-12-8-9-16(25-4)15(10-12)23-18(19-20-21-23)26-11-17(24)22-13(2)6-5-7-14(22)3/h8-10,13-14H,5-7,11H2,1-4H3. The van der Waals surface area contributed by atoms with Crippen LogP contribution in [-0.2, 0) is 4.79 Å². The summed E-state index contributed by atoms with van der Waals surface area (Å²) in [6, 6.07) is 6.42. The molecule has 1 amide bonds. The molecule has 140 valence electrons. The first kappa shape index (κ1) is 18.7. The Morgan fingerprint density at radius 2 is 2.04 bits per heavy atom. The first-order valence-electron chi connectivity index (χ1n) is 8.88. The van der Waals surface area contributed by atoms with Crippen LogP contribution in [0.25, 0.3) is 5.69 Å². The molecule has 7 nitrogen and oxygen atoms in total. The maximum absolute atomic E-state index is 12.7. The second-order valence-electron chi connectivity index (χ2n) is 6.77. The molecule has 1 aliphatic heterocycles. The molecule has 1 aromatic carbocycles. The topological polar surface area (TPSA) is 73.1 Å². The number of aromatic nitrogens is 4. The molecule has 1 aromatic heterocycles. The van der Waals surface area contributed by atoms with Crippen molar-refractivity contribution in [3.8, 4) is 11.4 Å². The van der Waals surface area contributed by atoms with E-state index in [9.17, 15) is 4.79 Å². The van der Waals surface area contributed by atoms with Gasteiger partial charge in [0.05, 0.1) is 12.9 Å². The number of rotatable bonds is 5. The number of hydrogen-bond acceptors (Lipinski definition) is 6. The lowest BCUT2D eigenvalue weighted by atomic mass is 9.98. The molecule has 2 heterocycles. The van der Waals surface area contributed by atoms with Crippen LogP contribution in [0.2, 0.25) is 0 Å². The fourth-order valence-corrected chi connectivity index (χ4v) is 4.25. The Bertz CT molecular complexity index is 769. The highest BCUT2D eigenvalue weighted by atomic mass is 32.2. The second-order valence-corrected chi connectivity index (χ2v) is 7.71. The van der Waals surface area contributed by atoms with Gasteiger partial charge in [0.25, 0.3) is 0 Å². The van der Waals surface area contributed by atoms with Gasteiger partial charge in [-0.3, -0.25) is 4.79 Å². The van der Waals surface area contributed by atoms with Crippen LogP contribution in [0.5, 0.6) is 5.75 Å². The molecule has 8 heteroatoms. The molecule has 0 N–H and O–H groups in total. The fourth-order valence-electron chi connectivity index (χ4n) is 3.50. The molecule has 1 aliphatic rings. The summed E-state index contributed by atoms with van der Waals surface area (Å²) in [7, 11) is 1.62. The molecule has 2 aromatic rings. The second kappa shape index (κ2) is 8.07. The van der Waals surface area contributed by atoms with Crippen molar-refractivity contribution in [2.24, 2.45) is 0 Å². The van der Waals surface area contributed by atoms with E-state index >= 15 is 0 Å². The van der Waals surface area contributed by atoms with Crippen LogP contribution in [-0.4, -0.2) is 56.0 Å². The zero-order valence-corrected chi connectivity index (χ0v) is 16.5. The van der Waals surface area contributed by atoms with Gasteiger partial charge in [0.1, 0.15) is 11.4 Å². The van der Waals surface area contributed by atoms with E-state index in [1.54, 1.807) is 11.8 Å². The molecule has 0 radical (unpaired) electrons. The van der Waals surface area contributed by atoms with Gasteiger partial charge in [0, 0.05) is 12.1 Å². The molecule has 2 unspecified atom stereocenters. The van der Waals surface area contributed by atoms with Crippen molar-refractivity contribution in [2.45, 2.75) is 57.3 Å². The number of likely N-dealkylation sites (tertiary alicyclic amines) is 1. The number of nitrogens with zero attached hydrogens (tertiary/aromatic N) is 5. The maximum Gasteiger partial charge on any atom is 0.233 e. The molecule has 0 bridgehead atoms. The van der Waals surface area contributed by atoms with E-state index < -0.39 is 0 Å². The normalized spacial score (nSPS) is 20.2. The summed E-state index contributed by atoms with van der Waals surface area (Å²) >= 11 is 1.36. The van der Waals surface area contributed by atoms with Crippen LogP contribution in [0.3, 0.4) is 0 Å². The highest BCUT2D eigenvalue weighted by Crippen LogP contribution is 2.28. The number of ether oxygens (including phenoxy) is 1. The minimum atomic E-state index is 0.139. The van der Waals surface area contributed by atoms with Gasteiger partial charge in [-0.1, -0.05) is 17.8 Å². The predicted octanol–water partition coefficient (Wildman–Crippen LogP) is 2.86. The average Bonchev–Trinajstić information content (AvgIpc) is 3.08. The molecule has 26 heavy (non-hydrogen) atoms. The number of carbonyl (C=O) groups is 1. The Balaban J connectivity index is 1.76. The Morgan fingerprint density at radius 1 is 1.31 bits per heavy atom. The van der Waals surface area contributed by atoms with Crippen molar-refractivity contribution >= 4 is 17.7 Å². The van der Waals surface area contributed by atoms with E-state index in [4.69, 9.17) is 4.74 Å². The van der Waals surface area contributed by atoms with Crippen LogP contribution in [0.1, 0.15) is 38.7 Å². The number of aryl methyl sites for hydroxylation is 1. The lowest BCUT2D eigenvalue weighted by molar-refractivity contribution is -0.134. The van der Waals surface area contributed by atoms with E-state index in [2.05, 4.69) is 29.4 Å². The number of methoxy groups -OCH3 is 1. The minimum absolute atomic E-state index is 0.139. The van der Waals surface area contributed by atoms with Crippen LogP contribution in [0, 0.1) is 6.92 Å². The van der Waals surface area contributed by atoms with Crippen molar-refractivity contribution in [2.75, 3.05) is 12.9 Å². The quantitative estimate of drug-likeness (QED) is 0.748. The first-order valence-corrected chi connectivity index (χ1v) is 9.87. The van der Waals surface area contributed by atoms with Gasteiger partial charge in [0.2, 0.25) is 11.1 Å². The van der Waals surface area contributed by atoms with Crippen molar-refractivity contribution in [1.82, 2.24) is 25.1 Å². The number of piperidine rings is 1. The predicted molar refractivity (Wildman–Crippen MR) is 101 cm³/mol. The minimum Gasteiger partial charge on any atom is -0.494 e. The number of tetrazole rings is 1. The van der Waals surface area contributed by atoms with Gasteiger partial charge in [-0.2, -0.15) is 4.68 Å². The van der Waals surface area contributed by atoms with Gasteiger partial charge >= 0.3 is 0 Å². The Morgan fingerprint density at radius 3 is 2.73 bits per heavy atom. The van der Waals surface area contributed by atoms with Gasteiger partial charge in [0.15, 0.2) is 0 Å². The molecular formula is C18H25N5O2S. The van der Waals surface area contributed by atoms with E-state index in [1.807, 2.05) is 30.0 Å². The van der Waals surface area contributed by atoms with E-state index in [-0.39, 0.29) is 5.91 Å². The molecule has 0 spiro atoms. The number of benzene rings is 1. The Labute approximate surface area is 158 Å². The monoisotopic (exact) mass is 375 g/mol. The van der Waals surface area contributed by atoms with Crippen LogP contribution >= 0.6 is 11.8 Å². The van der Waals surface area contributed by atoms with Crippen molar-refractivity contribution in [3.63, 3.8) is 0 Å². The molecule has 0 aliphatic carbocycles. The summed E-state index contributed by atoms with van der Waals surface area (Å²) in [5.74, 6) is 1.15. The maximum atomic E-state index is 12.7. The van der Waals surface area contributed by atoms with Crippen LogP contribution in [0.4, 0.5) is 0 Å². The van der Waals surface area contributed by atoms with Crippen molar-refractivity contribution in [1.29, 1.82) is 0 Å². The van der Waals surface area contributed by atoms with E-state index in [1.165, 1.54) is 18.2 Å². The first-order chi connectivity index (χ1) is 12.5. The third-order valence-corrected chi connectivity index (χ3v) is 5.71. The Kier molecular flexibility index (Phi) is 5.80. The van der Waals surface area contributed by atoms with Gasteiger partial charge < -0.3 is 9.64 Å². The largest absolute Gasteiger partial charge is 0.494 e. The zero-order valence-electron chi connectivity index (χ0n) is 15.7. The fraction of sp³-hybridized carbons (Fsp3) is 0.556. The smallest absolute Gasteiger partial charge is 0.233 e. The Hall–Kier alpha value is -2.09. The highest BCUT2D eigenvalue weighted by Gasteiger charge is 2.29. The molecule has 1 fully saturated rings. The average molecular weight is 375 g/mol. The third kappa shape index (κ3) is 3.85. The summed E-state index contributed by atoms with van der Waals surface area (Å²) in [5, 5.41) is 12.5. The molecular weight excluding hydrogens is 350 g/mol. The summed E-state index contributed by atoms with van der Waals surface area (Å²) in [5.41, 5.74) is 1.85. The van der Waals surface area contributed by atoms with Crippen molar-refractivity contribution in [3.05, 3.63) is 23.8 Å². The number of carbonyl (C=O) groups excluding carboxylic acids is 1. The summed E-state index contributed by atoms with van der Waals surface area (Å²) in [6.45, 7) is 6.25. The highest BCUT2D eigenvalue weighted by molar-refractivity contribution is 7.99. The molecule has 2 atom stereocenters. The van der Waals surface area contributed by atoms with Gasteiger partial charge in [-0.25, -0.2) is 0 Å². The molecule has 1 saturated heterocycles.